The minimum absolute atomic E-state index is 0.00868. The van der Waals surface area contributed by atoms with Gasteiger partial charge in [0.25, 0.3) is 0 Å². The molecular formula is C13H28F3N3. The highest BCUT2D eigenvalue weighted by Crippen LogP contribution is 2.26. The van der Waals surface area contributed by atoms with Crippen LogP contribution in [0.15, 0.2) is 0 Å². The van der Waals surface area contributed by atoms with E-state index in [2.05, 4.69) is 18.7 Å². The summed E-state index contributed by atoms with van der Waals surface area (Å²) >= 11 is 0. The Bertz CT molecular complexity index is 218. The molecule has 0 aliphatic carbocycles. The largest absolute Gasteiger partial charge is 0.394 e. The Labute approximate surface area is 114 Å². The Balaban J connectivity index is 4.13. The molecule has 116 valence electrons. The molecule has 0 fully saturated rings. The number of nitrogens with zero attached hydrogens (tertiary/aromatic N) is 2. The van der Waals surface area contributed by atoms with E-state index < -0.39 is 12.1 Å². The van der Waals surface area contributed by atoms with Gasteiger partial charge in [0.15, 0.2) is 0 Å². The standard InChI is InChI=1S/C13H28F3N3/c1-4-18(5-2)8-7-9-19(6-3)11-12(10-17)13(14,15)16/h12H,4-11,17H2,1-3H3. The van der Waals surface area contributed by atoms with Crippen molar-refractivity contribution < 1.29 is 13.2 Å². The fraction of sp³-hybridized carbons (Fsp3) is 1.00. The molecule has 2 N–H and O–H groups in total. The van der Waals surface area contributed by atoms with Gasteiger partial charge in [0.1, 0.15) is 0 Å². The van der Waals surface area contributed by atoms with Crippen molar-refractivity contribution in [1.29, 1.82) is 0 Å². The van der Waals surface area contributed by atoms with E-state index in [1.165, 1.54) is 0 Å². The monoisotopic (exact) mass is 283 g/mol. The van der Waals surface area contributed by atoms with Gasteiger partial charge in [0.05, 0.1) is 5.92 Å². The summed E-state index contributed by atoms with van der Waals surface area (Å²) in [6.45, 7) is 9.97. The number of nitrogens with two attached hydrogens (primary N) is 1. The van der Waals surface area contributed by atoms with Crippen LogP contribution in [0.2, 0.25) is 0 Å². The molecule has 0 saturated heterocycles. The molecule has 0 aliphatic rings. The van der Waals surface area contributed by atoms with Gasteiger partial charge in [-0.1, -0.05) is 20.8 Å². The summed E-state index contributed by atoms with van der Waals surface area (Å²) in [5.74, 6) is -1.42. The quantitative estimate of drug-likeness (QED) is 0.667. The van der Waals surface area contributed by atoms with Gasteiger partial charge in [-0.2, -0.15) is 13.2 Å². The highest BCUT2D eigenvalue weighted by molar-refractivity contribution is 4.73. The summed E-state index contributed by atoms with van der Waals surface area (Å²) in [4.78, 5) is 4.12. The number of halogens is 3. The molecule has 0 radical (unpaired) electrons. The third kappa shape index (κ3) is 7.74. The lowest BCUT2D eigenvalue weighted by Crippen LogP contribution is -2.41. The second-order valence-corrected chi connectivity index (χ2v) is 4.75. The van der Waals surface area contributed by atoms with Crippen molar-refractivity contribution in [2.45, 2.75) is 33.4 Å². The SMILES string of the molecule is CCN(CC)CCCN(CC)CC(CN)C(F)(F)F. The molecule has 3 nitrogen and oxygen atoms in total. The van der Waals surface area contributed by atoms with Crippen molar-refractivity contribution in [3.63, 3.8) is 0 Å². The number of hydrogen-bond donors (Lipinski definition) is 1. The van der Waals surface area contributed by atoms with E-state index in [-0.39, 0.29) is 13.1 Å². The zero-order valence-corrected chi connectivity index (χ0v) is 12.3. The first-order valence-corrected chi connectivity index (χ1v) is 7.10. The van der Waals surface area contributed by atoms with E-state index in [9.17, 15) is 13.2 Å². The minimum Gasteiger partial charge on any atom is -0.330 e. The average molecular weight is 283 g/mol. The molecule has 0 aromatic heterocycles. The van der Waals surface area contributed by atoms with Crippen LogP contribution in [-0.4, -0.2) is 61.8 Å². The van der Waals surface area contributed by atoms with Gasteiger partial charge in [-0.05, 0) is 39.1 Å². The van der Waals surface area contributed by atoms with Crippen LogP contribution in [0.1, 0.15) is 27.2 Å². The zero-order valence-electron chi connectivity index (χ0n) is 12.3. The predicted molar refractivity (Wildman–Crippen MR) is 73.1 cm³/mol. The van der Waals surface area contributed by atoms with Gasteiger partial charge >= 0.3 is 6.18 Å². The van der Waals surface area contributed by atoms with Crippen LogP contribution in [0.5, 0.6) is 0 Å². The maximum absolute atomic E-state index is 12.7. The molecule has 0 heterocycles. The van der Waals surface area contributed by atoms with Crippen molar-refractivity contribution in [2.75, 3.05) is 45.8 Å². The normalized spacial score (nSPS) is 14.4. The maximum atomic E-state index is 12.7. The topological polar surface area (TPSA) is 32.5 Å². The van der Waals surface area contributed by atoms with Crippen LogP contribution in [-0.2, 0) is 0 Å². The van der Waals surface area contributed by atoms with E-state index in [4.69, 9.17) is 5.73 Å². The van der Waals surface area contributed by atoms with Gasteiger partial charge in [0, 0.05) is 13.1 Å². The molecule has 0 rings (SSSR count). The number of hydrogen-bond acceptors (Lipinski definition) is 3. The van der Waals surface area contributed by atoms with E-state index >= 15 is 0 Å². The Hall–Kier alpha value is -0.330. The Morgan fingerprint density at radius 3 is 1.79 bits per heavy atom. The summed E-state index contributed by atoms with van der Waals surface area (Å²) in [6, 6.07) is 0. The average Bonchev–Trinajstić information content (AvgIpc) is 2.36. The van der Waals surface area contributed by atoms with Crippen LogP contribution in [0.3, 0.4) is 0 Å². The molecule has 19 heavy (non-hydrogen) atoms. The van der Waals surface area contributed by atoms with Gasteiger partial charge in [-0.25, -0.2) is 0 Å². The molecule has 0 aromatic rings. The molecule has 0 aliphatic heterocycles. The van der Waals surface area contributed by atoms with Gasteiger partial charge in [-0.3, -0.25) is 0 Å². The third-order valence-electron chi connectivity index (χ3n) is 3.52. The highest BCUT2D eigenvalue weighted by Gasteiger charge is 2.39. The smallest absolute Gasteiger partial charge is 0.330 e. The predicted octanol–water partition coefficient (Wildman–Crippen LogP) is 2.18. The molecular weight excluding hydrogens is 255 g/mol. The van der Waals surface area contributed by atoms with Crippen molar-refractivity contribution >= 4 is 0 Å². The molecule has 0 bridgehead atoms. The lowest BCUT2D eigenvalue weighted by molar-refractivity contribution is -0.176. The Morgan fingerprint density at radius 1 is 0.947 bits per heavy atom. The van der Waals surface area contributed by atoms with Crippen molar-refractivity contribution in [3.8, 4) is 0 Å². The van der Waals surface area contributed by atoms with Gasteiger partial charge in [0.2, 0.25) is 0 Å². The van der Waals surface area contributed by atoms with Crippen molar-refractivity contribution in [3.05, 3.63) is 0 Å². The van der Waals surface area contributed by atoms with Crippen LogP contribution in [0.25, 0.3) is 0 Å². The van der Waals surface area contributed by atoms with Gasteiger partial charge < -0.3 is 15.5 Å². The number of rotatable bonds is 10. The van der Waals surface area contributed by atoms with Crippen LogP contribution in [0, 0.1) is 5.92 Å². The van der Waals surface area contributed by atoms with Gasteiger partial charge in [-0.15, -0.1) is 0 Å². The maximum Gasteiger partial charge on any atom is 0.394 e. The summed E-state index contributed by atoms with van der Waals surface area (Å²) in [5.41, 5.74) is 5.23. The van der Waals surface area contributed by atoms with Crippen molar-refractivity contribution in [2.24, 2.45) is 11.7 Å². The molecule has 1 atom stereocenters. The Morgan fingerprint density at radius 2 is 1.42 bits per heavy atom. The molecule has 1 unspecified atom stereocenters. The zero-order chi connectivity index (χ0) is 14.9. The van der Waals surface area contributed by atoms with E-state index in [1.54, 1.807) is 0 Å². The molecule has 0 aromatic carbocycles. The fourth-order valence-corrected chi connectivity index (χ4v) is 2.06. The third-order valence-corrected chi connectivity index (χ3v) is 3.52. The van der Waals surface area contributed by atoms with E-state index in [0.717, 1.165) is 26.1 Å². The highest BCUT2D eigenvalue weighted by atomic mass is 19.4. The number of alkyl halides is 3. The lowest BCUT2D eigenvalue weighted by Gasteiger charge is -2.28. The first-order chi connectivity index (χ1) is 8.88. The molecule has 0 spiro atoms. The first-order valence-electron chi connectivity index (χ1n) is 7.10. The summed E-state index contributed by atoms with van der Waals surface area (Å²) in [6.07, 6.45) is -3.30. The molecule has 6 heteroatoms. The van der Waals surface area contributed by atoms with Crippen molar-refractivity contribution in [1.82, 2.24) is 9.80 Å². The minimum atomic E-state index is -4.19. The summed E-state index contributed by atoms with van der Waals surface area (Å²) in [5, 5.41) is 0. The summed E-state index contributed by atoms with van der Waals surface area (Å²) in [7, 11) is 0. The first kappa shape index (κ1) is 18.7. The molecule has 0 saturated carbocycles. The van der Waals surface area contributed by atoms with Crippen LogP contribution in [0.4, 0.5) is 13.2 Å². The second-order valence-electron chi connectivity index (χ2n) is 4.75. The summed E-state index contributed by atoms with van der Waals surface area (Å²) < 4.78 is 38.0. The lowest BCUT2D eigenvalue weighted by atomic mass is 10.1. The van der Waals surface area contributed by atoms with E-state index in [1.807, 2.05) is 11.8 Å². The second kappa shape index (κ2) is 9.55. The fourth-order valence-electron chi connectivity index (χ4n) is 2.06. The van der Waals surface area contributed by atoms with Crippen LogP contribution >= 0.6 is 0 Å². The van der Waals surface area contributed by atoms with E-state index in [0.29, 0.717) is 13.1 Å². The van der Waals surface area contributed by atoms with Crippen LogP contribution < -0.4 is 5.73 Å². The Kier molecular flexibility index (Phi) is 9.39. The molecule has 0 amide bonds.